The smallest absolute Gasteiger partial charge is 0.221 e. The molecule has 1 aromatic rings. The second kappa shape index (κ2) is 3.92. The zero-order valence-corrected chi connectivity index (χ0v) is 8.36. The summed E-state index contributed by atoms with van der Waals surface area (Å²) in [5, 5.41) is 0. The molecule has 0 spiro atoms. The fraction of sp³-hybridized carbons (Fsp3) is 0.600. The topological polar surface area (TPSA) is 61.0 Å². The number of ether oxygens (including phenoxy) is 1. The number of aryl methyl sites for hydroxylation is 1. The molecule has 0 aliphatic heterocycles. The van der Waals surface area contributed by atoms with E-state index in [0.717, 1.165) is 24.2 Å². The van der Waals surface area contributed by atoms with Gasteiger partial charge in [0, 0.05) is 18.3 Å². The average Bonchev–Trinajstić information content (AvgIpc) is 2.12. The molecule has 0 aromatic carbocycles. The first-order valence-electron chi connectivity index (χ1n) is 4.99. The van der Waals surface area contributed by atoms with Gasteiger partial charge in [0.1, 0.15) is 11.9 Å². The molecule has 0 atom stereocenters. The van der Waals surface area contributed by atoms with Gasteiger partial charge in [-0.1, -0.05) is 0 Å². The molecular weight excluding hydrogens is 178 g/mol. The van der Waals surface area contributed by atoms with E-state index in [2.05, 4.69) is 9.97 Å². The van der Waals surface area contributed by atoms with Crippen LogP contribution in [0.3, 0.4) is 0 Å². The summed E-state index contributed by atoms with van der Waals surface area (Å²) in [6, 6.07) is 0. The number of aromatic nitrogens is 2. The number of hydrogen-bond acceptors (Lipinski definition) is 4. The molecule has 1 aliphatic carbocycles. The van der Waals surface area contributed by atoms with Gasteiger partial charge in [0.05, 0.1) is 0 Å². The molecule has 14 heavy (non-hydrogen) atoms. The maximum atomic E-state index is 5.72. The largest absolute Gasteiger partial charge is 0.474 e. The lowest BCUT2D eigenvalue weighted by molar-refractivity contribution is 0.113. The molecule has 0 bridgehead atoms. The van der Waals surface area contributed by atoms with E-state index in [1.54, 1.807) is 6.20 Å². The van der Waals surface area contributed by atoms with Crippen LogP contribution in [-0.4, -0.2) is 16.1 Å². The van der Waals surface area contributed by atoms with Crippen LogP contribution in [0.25, 0.3) is 0 Å². The van der Waals surface area contributed by atoms with Crippen LogP contribution in [0.5, 0.6) is 5.88 Å². The molecular formula is C10H15N3O. The van der Waals surface area contributed by atoms with Gasteiger partial charge in [-0.3, -0.25) is 0 Å². The van der Waals surface area contributed by atoms with Crippen molar-refractivity contribution in [1.29, 1.82) is 0 Å². The van der Waals surface area contributed by atoms with Crippen molar-refractivity contribution < 1.29 is 4.74 Å². The second-order valence-electron chi connectivity index (χ2n) is 3.62. The van der Waals surface area contributed by atoms with Crippen LogP contribution in [0.1, 0.15) is 30.7 Å². The SMILES string of the molecule is Cc1ncc(CN)c(OC2CCC2)n1. The van der Waals surface area contributed by atoms with Gasteiger partial charge in [0.2, 0.25) is 5.88 Å². The predicted octanol–water partition coefficient (Wildman–Crippen LogP) is 1.18. The second-order valence-corrected chi connectivity index (χ2v) is 3.62. The Labute approximate surface area is 83.5 Å². The molecule has 0 saturated heterocycles. The van der Waals surface area contributed by atoms with Gasteiger partial charge in [0.25, 0.3) is 0 Å². The Kier molecular flexibility index (Phi) is 2.63. The highest BCUT2D eigenvalue weighted by Crippen LogP contribution is 2.25. The minimum Gasteiger partial charge on any atom is -0.474 e. The Hall–Kier alpha value is -1.16. The number of hydrogen-bond donors (Lipinski definition) is 1. The Morgan fingerprint density at radius 3 is 2.93 bits per heavy atom. The highest BCUT2D eigenvalue weighted by atomic mass is 16.5. The summed E-state index contributed by atoms with van der Waals surface area (Å²) < 4.78 is 5.72. The van der Waals surface area contributed by atoms with Crippen LogP contribution < -0.4 is 10.5 Å². The molecule has 1 aromatic heterocycles. The molecule has 1 fully saturated rings. The molecule has 76 valence electrons. The summed E-state index contributed by atoms with van der Waals surface area (Å²) >= 11 is 0. The van der Waals surface area contributed by atoms with Crippen molar-refractivity contribution >= 4 is 0 Å². The Morgan fingerprint density at radius 1 is 1.57 bits per heavy atom. The lowest BCUT2D eigenvalue weighted by atomic mass is 9.96. The van der Waals surface area contributed by atoms with Crippen molar-refractivity contribution in [1.82, 2.24) is 9.97 Å². The summed E-state index contributed by atoms with van der Waals surface area (Å²) in [5.41, 5.74) is 6.47. The molecule has 0 amide bonds. The lowest BCUT2D eigenvalue weighted by Crippen LogP contribution is -2.26. The maximum Gasteiger partial charge on any atom is 0.221 e. The normalized spacial score (nSPS) is 16.4. The van der Waals surface area contributed by atoms with Gasteiger partial charge in [-0.25, -0.2) is 4.98 Å². The highest BCUT2D eigenvalue weighted by molar-refractivity contribution is 5.23. The lowest BCUT2D eigenvalue weighted by Gasteiger charge is -2.26. The zero-order chi connectivity index (χ0) is 9.97. The minimum atomic E-state index is 0.342. The van der Waals surface area contributed by atoms with Crippen LogP contribution in [0.15, 0.2) is 6.20 Å². The van der Waals surface area contributed by atoms with Crippen molar-refractivity contribution in [3.8, 4) is 5.88 Å². The number of nitrogens with two attached hydrogens (primary N) is 1. The van der Waals surface area contributed by atoms with E-state index < -0.39 is 0 Å². The predicted molar refractivity (Wildman–Crippen MR) is 52.9 cm³/mol. The molecule has 2 N–H and O–H groups in total. The Bertz CT molecular complexity index is 323. The van der Waals surface area contributed by atoms with E-state index in [0.29, 0.717) is 18.5 Å². The summed E-state index contributed by atoms with van der Waals surface area (Å²) in [6.07, 6.45) is 5.61. The fourth-order valence-corrected chi connectivity index (χ4v) is 1.36. The van der Waals surface area contributed by atoms with E-state index in [-0.39, 0.29) is 0 Å². The average molecular weight is 193 g/mol. The molecule has 1 saturated carbocycles. The van der Waals surface area contributed by atoms with Gasteiger partial charge in [-0.15, -0.1) is 0 Å². The summed E-state index contributed by atoms with van der Waals surface area (Å²) in [7, 11) is 0. The molecule has 1 heterocycles. The molecule has 1 aliphatic rings. The van der Waals surface area contributed by atoms with E-state index in [1.165, 1.54) is 6.42 Å². The first kappa shape index (κ1) is 9.40. The van der Waals surface area contributed by atoms with E-state index in [1.807, 2.05) is 6.92 Å². The van der Waals surface area contributed by atoms with Gasteiger partial charge < -0.3 is 10.5 Å². The maximum absolute atomic E-state index is 5.72. The Balaban J connectivity index is 2.15. The van der Waals surface area contributed by atoms with Crippen LogP contribution in [0.4, 0.5) is 0 Å². The van der Waals surface area contributed by atoms with Crippen LogP contribution in [0, 0.1) is 6.92 Å². The first-order valence-corrected chi connectivity index (χ1v) is 4.99. The Morgan fingerprint density at radius 2 is 2.36 bits per heavy atom. The van der Waals surface area contributed by atoms with Gasteiger partial charge in [-0.2, -0.15) is 4.98 Å². The number of rotatable bonds is 3. The summed E-state index contributed by atoms with van der Waals surface area (Å²) in [4.78, 5) is 8.34. The molecule has 2 rings (SSSR count). The van der Waals surface area contributed by atoms with Crippen LogP contribution in [-0.2, 0) is 6.54 Å². The third kappa shape index (κ3) is 1.85. The standard InChI is InChI=1S/C10H15N3O/c1-7-12-6-8(5-11)10(13-7)14-9-3-2-4-9/h6,9H,2-5,11H2,1H3. The van der Waals surface area contributed by atoms with E-state index in [9.17, 15) is 0 Å². The number of nitrogens with zero attached hydrogens (tertiary/aromatic N) is 2. The zero-order valence-electron chi connectivity index (χ0n) is 8.36. The molecule has 4 nitrogen and oxygen atoms in total. The molecule has 4 heteroatoms. The van der Waals surface area contributed by atoms with E-state index >= 15 is 0 Å². The van der Waals surface area contributed by atoms with Gasteiger partial charge in [0.15, 0.2) is 0 Å². The minimum absolute atomic E-state index is 0.342. The van der Waals surface area contributed by atoms with Crippen LogP contribution in [0.2, 0.25) is 0 Å². The van der Waals surface area contributed by atoms with Crippen molar-refractivity contribution in [2.75, 3.05) is 0 Å². The van der Waals surface area contributed by atoms with Crippen molar-refractivity contribution in [2.24, 2.45) is 5.73 Å². The summed E-state index contributed by atoms with van der Waals surface area (Å²) in [6.45, 7) is 2.29. The third-order valence-electron chi connectivity index (χ3n) is 2.50. The van der Waals surface area contributed by atoms with Crippen LogP contribution >= 0.6 is 0 Å². The first-order chi connectivity index (χ1) is 6.79. The van der Waals surface area contributed by atoms with E-state index in [4.69, 9.17) is 10.5 Å². The fourth-order valence-electron chi connectivity index (χ4n) is 1.36. The highest BCUT2D eigenvalue weighted by Gasteiger charge is 2.20. The van der Waals surface area contributed by atoms with Crippen molar-refractivity contribution in [3.63, 3.8) is 0 Å². The summed E-state index contributed by atoms with van der Waals surface area (Å²) in [5.74, 6) is 1.40. The molecule has 0 unspecified atom stereocenters. The third-order valence-corrected chi connectivity index (χ3v) is 2.50. The van der Waals surface area contributed by atoms with Crippen molar-refractivity contribution in [3.05, 3.63) is 17.6 Å². The van der Waals surface area contributed by atoms with Crippen molar-refractivity contribution in [2.45, 2.75) is 38.8 Å². The quantitative estimate of drug-likeness (QED) is 0.783. The van der Waals surface area contributed by atoms with Gasteiger partial charge >= 0.3 is 0 Å². The molecule has 0 radical (unpaired) electrons. The monoisotopic (exact) mass is 193 g/mol. The van der Waals surface area contributed by atoms with Gasteiger partial charge in [-0.05, 0) is 26.2 Å².